The van der Waals surface area contributed by atoms with Gasteiger partial charge in [0, 0.05) is 30.9 Å². The molecule has 0 radical (unpaired) electrons. The van der Waals surface area contributed by atoms with E-state index < -0.39 is 0 Å². The number of rotatable bonds is 1. The summed E-state index contributed by atoms with van der Waals surface area (Å²) >= 11 is 0. The second-order valence-electron chi connectivity index (χ2n) is 2.27. The van der Waals surface area contributed by atoms with Crippen LogP contribution in [0.4, 0.5) is 0 Å². The Balaban J connectivity index is 2.31. The van der Waals surface area contributed by atoms with Crippen molar-refractivity contribution in [2.24, 2.45) is 0 Å². The lowest BCUT2D eigenvalue weighted by Crippen LogP contribution is -2.35. The van der Waals surface area contributed by atoms with Crippen molar-refractivity contribution < 1.29 is 4.92 Å². The average molecular weight is 130 g/mol. The fraction of sp³-hybridized carbons (Fsp3) is 1.00. The van der Waals surface area contributed by atoms with E-state index in [-0.39, 0.29) is 11.0 Å². The molecule has 0 aromatic rings. The maximum absolute atomic E-state index is 10.1. The highest BCUT2D eigenvalue weighted by atomic mass is 16.6. The van der Waals surface area contributed by atoms with Crippen LogP contribution >= 0.6 is 0 Å². The normalized spacial score (nSPS) is 21.8. The number of nitro groups is 1. The maximum Gasteiger partial charge on any atom is 0.215 e. The van der Waals surface area contributed by atoms with Gasteiger partial charge in [0.2, 0.25) is 6.04 Å². The molecule has 1 rings (SSSR count). The van der Waals surface area contributed by atoms with Gasteiger partial charge in [-0.3, -0.25) is 10.1 Å². The molecule has 0 amide bonds. The van der Waals surface area contributed by atoms with Gasteiger partial charge in [0.05, 0.1) is 0 Å². The Kier molecular flexibility index (Phi) is 2.00. The van der Waals surface area contributed by atoms with Gasteiger partial charge in [-0.1, -0.05) is 0 Å². The Bertz CT molecular complexity index is 110. The van der Waals surface area contributed by atoms with Crippen molar-refractivity contribution in [2.75, 3.05) is 13.1 Å². The molecule has 0 aliphatic carbocycles. The van der Waals surface area contributed by atoms with Crippen molar-refractivity contribution in [3.63, 3.8) is 0 Å². The molecule has 1 aliphatic heterocycles. The van der Waals surface area contributed by atoms with E-state index in [1.54, 1.807) is 0 Å². The second kappa shape index (κ2) is 2.77. The van der Waals surface area contributed by atoms with Crippen molar-refractivity contribution in [1.29, 1.82) is 0 Å². The fourth-order valence-electron chi connectivity index (χ4n) is 1.02. The first-order chi connectivity index (χ1) is 4.30. The molecule has 1 saturated heterocycles. The molecule has 1 aliphatic rings. The molecule has 0 spiro atoms. The summed E-state index contributed by atoms with van der Waals surface area (Å²) in [6, 6.07) is -0.286. The van der Waals surface area contributed by atoms with Gasteiger partial charge in [-0.05, 0) is 0 Å². The van der Waals surface area contributed by atoms with Crippen molar-refractivity contribution in [3.05, 3.63) is 10.1 Å². The minimum atomic E-state index is -0.286. The van der Waals surface area contributed by atoms with Crippen molar-refractivity contribution >= 4 is 0 Å². The standard InChI is InChI=1S/C5H10N2O2/c8-7(9)5-1-3-6-4-2-5/h5-6H,1-4H2. The summed E-state index contributed by atoms with van der Waals surface area (Å²) in [6.45, 7) is 1.59. The van der Waals surface area contributed by atoms with Crippen LogP contribution < -0.4 is 5.32 Å². The summed E-state index contributed by atoms with van der Waals surface area (Å²) in [5.74, 6) is 0. The van der Waals surface area contributed by atoms with Gasteiger partial charge in [0.15, 0.2) is 0 Å². The van der Waals surface area contributed by atoms with E-state index in [2.05, 4.69) is 5.32 Å². The minimum Gasteiger partial charge on any atom is -0.316 e. The SMILES string of the molecule is O=[N+]([O-])C1CCNCC1. The molecule has 1 heterocycles. The van der Waals surface area contributed by atoms with Crippen LogP contribution in [0.3, 0.4) is 0 Å². The first-order valence-electron chi connectivity index (χ1n) is 3.15. The molecule has 0 aromatic heterocycles. The van der Waals surface area contributed by atoms with Crippen LogP contribution in [0.5, 0.6) is 0 Å². The van der Waals surface area contributed by atoms with Crippen molar-refractivity contribution in [2.45, 2.75) is 18.9 Å². The topological polar surface area (TPSA) is 55.2 Å². The van der Waals surface area contributed by atoms with Crippen molar-refractivity contribution in [3.8, 4) is 0 Å². The van der Waals surface area contributed by atoms with E-state index in [1.807, 2.05) is 0 Å². The zero-order valence-electron chi connectivity index (χ0n) is 5.17. The zero-order chi connectivity index (χ0) is 6.69. The van der Waals surface area contributed by atoms with Gasteiger partial charge < -0.3 is 5.32 Å². The van der Waals surface area contributed by atoms with Crippen molar-refractivity contribution in [1.82, 2.24) is 5.32 Å². The third kappa shape index (κ3) is 1.64. The second-order valence-corrected chi connectivity index (χ2v) is 2.27. The van der Waals surface area contributed by atoms with Gasteiger partial charge >= 0.3 is 0 Å². The van der Waals surface area contributed by atoms with E-state index in [4.69, 9.17) is 0 Å². The summed E-state index contributed by atoms with van der Waals surface area (Å²) in [5.41, 5.74) is 0. The summed E-state index contributed by atoms with van der Waals surface area (Å²) in [4.78, 5) is 9.95. The van der Waals surface area contributed by atoms with Gasteiger partial charge in [-0.15, -0.1) is 0 Å². The first kappa shape index (κ1) is 6.48. The lowest BCUT2D eigenvalue weighted by molar-refractivity contribution is -0.525. The molecule has 0 atom stereocenters. The van der Waals surface area contributed by atoms with Crippen LogP contribution in [-0.4, -0.2) is 24.1 Å². The van der Waals surface area contributed by atoms with E-state index in [1.165, 1.54) is 0 Å². The Hall–Kier alpha value is -0.640. The summed E-state index contributed by atoms with van der Waals surface area (Å²) in [5, 5.41) is 13.2. The Morgan fingerprint density at radius 3 is 2.33 bits per heavy atom. The molecule has 52 valence electrons. The lowest BCUT2D eigenvalue weighted by atomic mass is 10.1. The average Bonchev–Trinajstić information content (AvgIpc) is 1.90. The number of piperidine rings is 1. The highest BCUT2D eigenvalue weighted by molar-refractivity contribution is 4.66. The predicted molar refractivity (Wildman–Crippen MR) is 32.9 cm³/mol. The zero-order valence-corrected chi connectivity index (χ0v) is 5.17. The molecule has 4 heteroatoms. The molecule has 9 heavy (non-hydrogen) atoms. The highest BCUT2D eigenvalue weighted by Gasteiger charge is 2.21. The molecule has 0 unspecified atom stereocenters. The van der Waals surface area contributed by atoms with Gasteiger partial charge in [0.1, 0.15) is 0 Å². The monoisotopic (exact) mass is 130 g/mol. The van der Waals surface area contributed by atoms with Crippen LogP contribution in [0.1, 0.15) is 12.8 Å². The smallest absolute Gasteiger partial charge is 0.215 e. The van der Waals surface area contributed by atoms with Crippen LogP contribution in [0, 0.1) is 10.1 Å². The Morgan fingerprint density at radius 2 is 2.00 bits per heavy atom. The molecule has 0 bridgehead atoms. The number of nitrogens with zero attached hydrogens (tertiary/aromatic N) is 1. The third-order valence-electron chi connectivity index (χ3n) is 1.61. The highest BCUT2D eigenvalue weighted by Crippen LogP contribution is 2.04. The number of hydrogen-bond donors (Lipinski definition) is 1. The summed E-state index contributed by atoms with van der Waals surface area (Å²) < 4.78 is 0. The predicted octanol–water partition coefficient (Wildman–Crippen LogP) is 0.0151. The van der Waals surface area contributed by atoms with Crippen LogP contribution in [-0.2, 0) is 0 Å². The van der Waals surface area contributed by atoms with E-state index >= 15 is 0 Å². The van der Waals surface area contributed by atoms with Crippen LogP contribution in [0.15, 0.2) is 0 Å². The minimum absolute atomic E-state index is 0.180. The number of hydrogen-bond acceptors (Lipinski definition) is 3. The number of nitrogens with one attached hydrogen (secondary N) is 1. The van der Waals surface area contributed by atoms with Crippen LogP contribution in [0.2, 0.25) is 0 Å². The maximum atomic E-state index is 10.1. The van der Waals surface area contributed by atoms with Gasteiger partial charge in [0.25, 0.3) is 0 Å². The lowest BCUT2D eigenvalue weighted by Gasteiger charge is -2.14. The quantitative estimate of drug-likeness (QED) is 0.402. The first-order valence-corrected chi connectivity index (χ1v) is 3.15. The van der Waals surface area contributed by atoms with Gasteiger partial charge in [-0.2, -0.15) is 0 Å². The Labute approximate surface area is 53.4 Å². The van der Waals surface area contributed by atoms with E-state index in [0.29, 0.717) is 12.8 Å². The van der Waals surface area contributed by atoms with Crippen LogP contribution in [0.25, 0.3) is 0 Å². The molecule has 0 aromatic carbocycles. The fourth-order valence-corrected chi connectivity index (χ4v) is 1.02. The molecular formula is C5H10N2O2. The van der Waals surface area contributed by atoms with Gasteiger partial charge in [-0.25, -0.2) is 0 Å². The van der Waals surface area contributed by atoms with E-state index in [9.17, 15) is 10.1 Å². The molecule has 4 nitrogen and oxygen atoms in total. The largest absolute Gasteiger partial charge is 0.316 e. The molecule has 0 saturated carbocycles. The summed E-state index contributed by atoms with van der Waals surface area (Å²) in [7, 11) is 0. The molecular weight excluding hydrogens is 120 g/mol. The third-order valence-corrected chi connectivity index (χ3v) is 1.61. The molecule has 1 fully saturated rings. The summed E-state index contributed by atoms with van der Waals surface area (Å²) in [6.07, 6.45) is 1.38. The molecule has 1 N–H and O–H groups in total. The Morgan fingerprint density at radius 1 is 1.44 bits per heavy atom. The van der Waals surface area contributed by atoms with E-state index in [0.717, 1.165) is 13.1 Å².